The van der Waals surface area contributed by atoms with Gasteiger partial charge in [0.15, 0.2) is 0 Å². The molecule has 118 valence electrons. The monoisotopic (exact) mass is 329 g/mol. The summed E-state index contributed by atoms with van der Waals surface area (Å²) < 4.78 is 0. The Labute approximate surface area is 137 Å². The van der Waals surface area contributed by atoms with E-state index in [0.717, 1.165) is 23.0 Å². The highest BCUT2D eigenvalue weighted by Crippen LogP contribution is 2.30. The van der Waals surface area contributed by atoms with Crippen molar-refractivity contribution in [2.45, 2.75) is 12.3 Å². The number of rotatable bonds is 2. The number of amides is 1. The van der Waals surface area contributed by atoms with E-state index < -0.39 is 0 Å². The van der Waals surface area contributed by atoms with Crippen LogP contribution in [-0.4, -0.2) is 39.1 Å². The van der Waals surface area contributed by atoms with Crippen LogP contribution in [0.4, 0.5) is 5.69 Å². The lowest BCUT2D eigenvalue weighted by Crippen LogP contribution is -2.28. The molecule has 23 heavy (non-hydrogen) atoms. The number of anilines is 1. The zero-order valence-electron chi connectivity index (χ0n) is 12.3. The first kappa shape index (κ1) is 14.1. The molecule has 3 heterocycles. The number of nitrogens with two attached hydrogens (primary N) is 1. The van der Waals surface area contributed by atoms with Gasteiger partial charge in [0.1, 0.15) is 5.69 Å². The Hall–Kier alpha value is -2.47. The number of benzene rings is 1. The van der Waals surface area contributed by atoms with Gasteiger partial charge in [-0.3, -0.25) is 9.89 Å². The van der Waals surface area contributed by atoms with E-state index in [9.17, 15) is 4.79 Å². The van der Waals surface area contributed by atoms with Crippen LogP contribution in [0.3, 0.4) is 0 Å². The van der Waals surface area contributed by atoms with E-state index in [2.05, 4.69) is 15.2 Å². The van der Waals surface area contributed by atoms with Crippen molar-refractivity contribution in [1.82, 2.24) is 20.1 Å². The Morgan fingerprint density at radius 1 is 1.39 bits per heavy atom. The van der Waals surface area contributed by atoms with Gasteiger partial charge in [0, 0.05) is 34.9 Å². The minimum atomic E-state index is -0.00194. The maximum Gasteiger partial charge on any atom is 0.270 e. The van der Waals surface area contributed by atoms with Crippen molar-refractivity contribution in [3.05, 3.63) is 46.9 Å². The van der Waals surface area contributed by atoms with E-state index in [-0.39, 0.29) is 11.8 Å². The molecule has 1 saturated heterocycles. The second kappa shape index (κ2) is 5.31. The number of nitrogens with one attached hydrogen (secondary N) is 2. The van der Waals surface area contributed by atoms with Crippen molar-refractivity contribution < 1.29 is 4.79 Å². The molecule has 0 bridgehead atoms. The summed E-state index contributed by atoms with van der Waals surface area (Å²) in [4.78, 5) is 17.7. The maximum atomic E-state index is 12.7. The highest BCUT2D eigenvalue weighted by Gasteiger charge is 2.30. The minimum Gasteiger partial charge on any atom is -0.396 e. The first-order chi connectivity index (χ1) is 11.1. The van der Waals surface area contributed by atoms with Crippen molar-refractivity contribution in [3.63, 3.8) is 0 Å². The largest absolute Gasteiger partial charge is 0.396 e. The van der Waals surface area contributed by atoms with Crippen LogP contribution in [0.5, 0.6) is 0 Å². The summed E-state index contributed by atoms with van der Waals surface area (Å²) in [5.74, 6) is 0.207. The Morgan fingerprint density at radius 2 is 2.26 bits per heavy atom. The number of carbonyl (C=O) groups excluding carboxylic acids is 1. The highest BCUT2D eigenvalue weighted by atomic mass is 35.5. The molecule has 1 fully saturated rings. The van der Waals surface area contributed by atoms with E-state index in [4.69, 9.17) is 17.3 Å². The molecule has 1 aliphatic rings. The molecule has 4 rings (SSSR count). The van der Waals surface area contributed by atoms with Gasteiger partial charge in [-0.2, -0.15) is 5.10 Å². The first-order valence-corrected chi connectivity index (χ1v) is 7.86. The normalized spacial score (nSPS) is 18.0. The number of nitrogen functional groups attached to an aromatic ring is 1. The lowest BCUT2D eigenvalue weighted by Gasteiger charge is -2.15. The molecule has 3 aromatic rings. The third kappa shape index (κ3) is 2.45. The van der Waals surface area contributed by atoms with E-state index in [0.29, 0.717) is 29.5 Å². The first-order valence-electron chi connectivity index (χ1n) is 7.48. The predicted octanol–water partition coefficient (Wildman–Crippen LogP) is 2.76. The molecule has 1 atom stereocenters. The number of H-pyrrole nitrogens is 2. The molecule has 1 aromatic carbocycles. The smallest absolute Gasteiger partial charge is 0.270 e. The summed E-state index contributed by atoms with van der Waals surface area (Å²) in [5.41, 5.74) is 8.93. The third-order valence-electron chi connectivity index (χ3n) is 4.40. The fourth-order valence-electron chi connectivity index (χ4n) is 3.20. The summed E-state index contributed by atoms with van der Waals surface area (Å²) in [6.07, 6.45) is 2.49. The Bertz CT molecular complexity index is 884. The van der Waals surface area contributed by atoms with Crippen LogP contribution in [-0.2, 0) is 0 Å². The second-order valence-electron chi connectivity index (χ2n) is 5.89. The van der Waals surface area contributed by atoms with Gasteiger partial charge in [0.25, 0.3) is 5.91 Å². The van der Waals surface area contributed by atoms with Crippen LogP contribution in [0.1, 0.15) is 28.5 Å². The standard InChI is InChI=1S/C16H16ClN5O/c17-11-2-1-9-5-14(20-13(9)6-11)16(23)22-4-3-10(8-22)15-12(18)7-19-21-15/h1-2,5-7,10,20H,3-4,8,18H2,(H,19,21). The molecular formula is C16H16ClN5O. The van der Waals surface area contributed by atoms with E-state index >= 15 is 0 Å². The lowest BCUT2D eigenvalue weighted by molar-refractivity contribution is 0.0786. The molecule has 2 aromatic heterocycles. The number of aromatic nitrogens is 3. The van der Waals surface area contributed by atoms with Crippen molar-refractivity contribution in [2.24, 2.45) is 0 Å². The van der Waals surface area contributed by atoms with Crippen molar-refractivity contribution >= 4 is 34.1 Å². The van der Waals surface area contributed by atoms with Gasteiger partial charge in [0.05, 0.1) is 17.6 Å². The quantitative estimate of drug-likeness (QED) is 0.675. The number of halogens is 1. The van der Waals surface area contributed by atoms with Crippen LogP contribution in [0.2, 0.25) is 5.02 Å². The van der Waals surface area contributed by atoms with E-state index in [1.54, 1.807) is 6.20 Å². The van der Waals surface area contributed by atoms with Gasteiger partial charge in [0.2, 0.25) is 0 Å². The second-order valence-corrected chi connectivity index (χ2v) is 6.33. The van der Waals surface area contributed by atoms with Crippen LogP contribution >= 0.6 is 11.6 Å². The minimum absolute atomic E-state index is 0.00194. The average molecular weight is 330 g/mol. The van der Waals surface area contributed by atoms with Crippen LogP contribution < -0.4 is 5.73 Å². The molecule has 7 heteroatoms. The summed E-state index contributed by atoms with van der Waals surface area (Å²) in [6.45, 7) is 1.35. The topological polar surface area (TPSA) is 90.8 Å². The molecule has 4 N–H and O–H groups in total. The number of aromatic amines is 2. The van der Waals surface area contributed by atoms with Crippen molar-refractivity contribution in [2.75, 3.05) is 18.8 Å². The summed E-state index contributed by atoms with van der Waals surface area (Å²) in [5, 5.41) is 8.52. The van der Waals surface area contributed by atoms with Gasteiger partial charge in [-0.1, -0.05) is 17.7 Å². The van der Waals surface area contributed by atoms with Crippen LogP contribution in [0.25, 0.3) is 10.9 Å². The van der Waals surface area contributed by atoms with Gasteiger partial charge in [-0.25, -0.2) is 0 Å². The zero-order valence-corrected chi connectivity index (χ0v) is 13.1. The molecule has 0 saturated carbocycles. The fourth-order valence-corrected chi connectivity index (χ4v) is 3.37. The molecule has 6 nitrogen and oxygen atoms in total. The molecular weight excluding hydrogens is 314 g/mol. The highest BCUT2D eigenvalue weighted by molar-refractivity contribution is 6.31. The molecule has 0 radical (unpaired) electrons. The summed E-state index contributed by atoms with van der Waals surface area (Å²) in [6, 6.07) is 7.42. The number of fused-ring (bicyclic) bond motifs is 1. The Balaban J connectivity index is 1.56. The van der Waals surface area contributed by atoms with Crippen LogP contribution in [0.15, 0.2) is 30.5 Å². The fraction of sp³-hybridized carbons (Fsp3) is 0.250. The maximum absolute atomic E-state index is 12.7. The number of nitrogens with zero attached hydrogens (tertiary/aromatic N) is 2. The molecule has 1 amide bonds. The predicted molar refractivity (Wildman–Crippen MR) is 89.6 cm³/mol. The number of hydrogen-bond acceptors (Lipinski definition) is 3. The Kier molecular flexibility index (Phi) is 3.27. The van der Waals surface area contributed by atoms with Crippen LogP contribution in [0, 0.1) is 0 Å². The van der Waals surface area contributed by atoms with Gasteiger partial charge in [-0.15, -0.1) is 0 Å². The number of carbonyl (C=O) groups is 1. The Morgan fingerprint density at radius 3 is 3.04 bits per heavy atom. The van der Waals surface area contributed by atoms with Gasteiger partial charge < -0.3 is 15.6 Å². The summed E-state index contributed by atoms with van der Waals surface area (Å²) >= 11 is 5.99. The SMILES string of the molecule is Nc1cn[nH]c1C1CCN(C(=O)c2cc3ccc(Cl)cc3[nH]2)C1. The lowest BCUT2D eigenvalue weighted by atomic mass is 10.0. The zero-order chi connectivity index (χ0) is 16.0. The number of likely N-dealkylation sites (tertiary alicyclic amines) is 1. The van der Waals surface area contributed by atoms with E-state index in [1.807, 2.05) is 29.2 Å². The average Bonchev–Trinajstić information content (AvgIpc) is 3.23. The van der Waals surface area contributed by atoms with Crippen molar-refractivity contribution in [3.8, 4) is 0 Å². The van der Waals surface area contributed by atoms with Crippen molar-refractivity contribution in [1.29, 1.82) is 0 Å². The summed E-state index contributed by atoms with van der Waals surface area (Å²) in [7, 11) is 0. The van der Waals surface area contributed by atoms with E-state index in [1.165, 1.54) is 0 Å². The molecule has 0 spiro atoms. The molecule has 1 aliphatic heterocycles. The molecule has 0 aliphatic carbocycles. The van der Waals surface area contributed by atoms with Gasteiger partial charge in [-0.05, 0) is 24.6 Å². The molecule has 1 unspecified atom stereocenters. The number of hydrogen-bond donors (Lipinski definition) is 3. The van der Waals surface area contributed by atoms with Gasteiger partial charge >= 0.3 is 0 Å². The third-order valence-corrected chi connectivity index (χ3v) is 4.63.